The van der Waals surface area contributed by atoms with Crippen LogP contribution in [0.3, 0.4) is 0 Å². The van der Waals surface area contributed by atoms with Gasteiger partial charge in [0.15, 0.2) is 5.44 Å². The Morgan fingerprint density at radius 2 is 1.52 bits per heavy atom. The molecule has 5 rings (SSSR count). The highest BCUT2D eigenvalue weighted by atomic mass is 32.2. The van der Waals surface area contributed by atoms with Crippen LogP contribution in [0.2, 0.25) is 0 Å². The van der Waals surface area contributed by atoms with E-state index in [2.05, 4.69) is 0 Å². The molecule has 0 amide bonds. The Bertz CT molecular complexity index is 699. The van der Waals surface area contributed by atoms with Gasteiger partial charge in [-0.25, -0.2) is 0 Å². The summed E-state index contributed by atoms with van der Waals surface area (Å²) < 4.78 is 11.4. The minimum atomic E-state index is -0.555. The Balaban J connectivity index is 0.000000196. The second-order valence-corrected chi connectivity index (χ2v) is 14.4. The molecule has 7 heteroatoms. The van der Waals surface area contributed by atoms with Crippen molar-refractivity contribution in [2.75, 3.05) is 17.3 Å². The largest absolute Gasteiger partial charge is 0.459 e. The van der Waals surface area contributed by atoms with Crippen molar-refractivity contribution in [3.05, 3.63) is 0 Å². The van der Waals surface area contributed by atoms with E-state index in [1.165, 1.54) is 12.2 Å². The molecule has 33 heavy (non-hydrogen) atoms. The van der Waals surface area contributed by atoms with Gasteiger partial charge >= 0.3 is 11.9 Å². The minimum Gasteiger partial charge on any atom is -0.459 e. The van der Waals surface area contributed by atoms with Crippen molar-refractivity contribution in [2.45, 2.75) is 110 Å². The fourth-order valence-corrected chi connectivity index (χ4v) is 8.06. The molecule has 1 heterocycles. The molecule has 1 N–H and O–H groups in total. The van der Waals surface area contributed by atoms with Crippen LogP contribution in [-0.4, -0.2) is 50.9 Å². The first kappa shape index (κ1) is 27.2. The van der Waals surface area contributed by atoms with Gasteiger partial charge in [0.05, 0.1) is 16.4 Å². The van der Waals surface area contributed by atoms with Gasteiger partial charge in [-0.15, -0.1) is 11.8 Å². The Kier molecular flexibility index (Phi) is 8.49. The number of carbonyl (C=O) groups is 2. The van der Waals surface area contributed by atoms with Gasteiger partial charge in [0.2, 0.25) is 0 Å². The zero-order chi connectivity index (χ0) is 24.5. The van der Waals surface area contributed by atoms with Crippen LogP contribution in [-0.2, 0) is 19.1 Å². The molecule has 5 fully saturated rings. The van der Waals surface area contributed by atoms with Gasteiger partial charge in [-0.2, -0.15) is 11.8 Å². The average Bonchev–Trinajstić information content (AvgIpc) is 2.72. The highest BCUT2D eigenvalue weighted by Gasteiger charge is 2.59. The molecular formula is C26H44O5S2. The van der Waals surface area contributed by atoms with E-state index in [-0.39, 0.29) is 28.4 Å². The fourth-order valence-electron chi connectivity index (χ4n) is 5.69. The van der Waals surface area contributed by atoms with E-state index in [0.29, 0.717) is 18.3 Å². The molecule has 0 aromatic rings. The lowest BCUT2D eigenvalue weighted by Gasteiger charge is -2.59. The number of hydrogen-bond donors (Lipinski definition) is 1. The van der Waals surface area contributed by atoms with Crippen LogP contribution in [0.25, 0.3) is 0 Å². The summed E-state index contributed by atoms with van der Waals surface area (Å²) in [6.45, 7) is 11.8. The lowest BCUT2D eigenvalue weighted by molar-refractivity contribution is -0.225. The summed E-state index contributed by atoms with van der Waals surface area (Å²) >= 11 is 3.62. The van der Waals surface area contributed by atoms with Crippen molar-refractivity contribution in [2.24, 2.45) is 22.7 Å². The van der Waals surface area contributed by atoms with Gasteiger partial charge in [-0.3, -0.25) is 9.59 Å². The van der Waals surface area contributed by atoms with Crippen molar-refractivity contribution < 1.29 is 24.2 Å². The molecule has 0 spiro atoms. The maximum Gasteiger partial charge on any atom is 0.312 e. The molecule has 4 aliphatic carbocycles. The van der Waals surface area contributed by atoms with Crippen LogP contribution < -0.4 is 0 Å². The smallest absolute Gasteiger partial charge is 0.312 e. The molecule has 0 aromatic carbocycles. The molecule has 5 nitrogen and oxygen atoms in total. The predicted octanol–water partition coefficient (Wildman–Crippen LogP) is 5.82. The first-order valence-electron chi connectivity index (χ1n) is 12.7. The Labute approximate surface area is 208 Å². The second kappa shape index (κ2) is 10.3. The van der Waals surface area contributed by atoms with Crippen molar-refractivity contribution in [1.82, 2.24) is 0 Å². The van der Waals surface area contributed by atoms with E-state index in [1.807, 2.05) is 53.3 Å². The van der Waals surface area contributed by atoms with Gasteiger partial charge in [0.25, 0.3) is 0 Å². The standard InChI is InChI=1S/C16H26O3.C10H18O2S2/c1-4-14(2,3)13(17)19-16-8-11-5-12(9-16)7-15(18,6-11)10-16;1-4-10(2,3)9(11)12-8-7-13-5-6-14-8/h11-12,18H,4-10H2,1-3H3;8H,4-7H2,1-3H3. The fraction of sp³-hybridized carbons (Fsp3) is 0.923. The third-order valence-electron chi connectivity index (χ3n) is 8.18. The molecule has 0 radical (unpaired) electrons. The Morgan fingerprint density at radius 1 is 0.939 bits per heavy atom. The molecule has 190 valence electrons. The first-order chi connectivity index (χ1) is 15.3. The van der Waals surface area contributed by atoms with Crippen LogP contribution in [0.4, 0.5) is 0 Å². The highest BCUT2D eigenvalue weighted by molar-refractivity contribution is 8.06. The van der Waals surface area contributed by atoms with Crippen molar-refractivity contribution in [1.29, 1.82) is 0 Å². The second-order valence-electron chi connectivity index (χ2n) is 12.0. The van der Waals surface area contributed by atoms with Crippen LogP contribution in [0, 0.1) is 22.7 Å². The summed E-state index contributed by atoms with van der Waals surface area (Å²) in [4.78, 5) is 24.1. The number of ether oxygens (including phenoxy) is 2. The monoisotopic (exact) mass is 500 g/mol. The van der Waals surface area contributed by atoms with E-state index in [1.54, 1.807) is 11.8 Å². The molecular weight excluding hydrogens is 456 g/mol. The van der Waals surface area contributed by atoms with Gasteiger partial charge in [0.1, 0.15) is 5.60 Å². The van der Waals surface area contributed by atoms with E-state index in [0.717, 1.165) is 50.0 Å². The number of hydrogen-bond acceptors (Lipinski definition) is 7. The third-order valence-corrected chi connectivity index (χ3v) is 10.8. The summed E-state index contributed by atoms with van der Waals surface area (Å²) in [5.74, 6) is 4.19. The topological polar surface area (TPSA) is 72.8 Å². The summed E-state index contributed by atoms with van der Waals surface area (Å²) in [7, 11) is 0. The van der Waals surface area contributed by atoms with Gasteiger partial charge in [-0.1, -0.05) is 13.8 Å². The van der Waals surface area contributed by atoms with Crippen molar-refractivity contribution >= 4 is 35.5 Å². The lowest BCUT2D eigenvalue weighted by atomic mass is 9.52. The molecule has 1 aliphatic heterocycles. The van der Waals surface area contributed by atoms with Gasteiger partial charge in [0, 0.05) is 23.7 Å². The van der Waals surface area contributed by atoms with E-state index < -0.39 is 11.0 Å². The average molecular weight is 501 g/mol. The molecule has 1 saturated heterocycles. The zero-order valence-electron chi connectivity index (χ0n) is 21.4. The molecule has 5 aliphatic rings. The summed E-state index contributed by atoms with van der Waals surface area (Å²) in [5, 5.41) is 10.6. The quantitative estimate of drug-likeness (QED) is 0.461. The number of thioether (sulfide) groups is 2. The minimum absolute atomic E-state index is 0.0556. The molecule has 0 aromatic heterocycles. The maximum absolute atomic E-state index is 12.4. The molecule has 4 saturated carbocycles. The predicted molar refractivity (Wildman–Crippen MR) is 136 cm³/mol. The Hall–Kier alpha value is -0.400. The summed E-state index contributed by atoms with van der Waals surface area (Å²) in [6, 6.07) is 0. The van der Waals surface area contributed by atoms with Crippen molar-refractivity contribution in [3.63, 3.8) is 0 Å². The van der Waals surface area contributed by atoms with Crippen molar-refractivity contribution in [3.8, 4) is 0 Å². The van der Waals surface area contributed by atoms with Gasteiger partial charge < -0.3 is 14.6 Å². The Morgan fingerprint density at radius 3 is 2.00 bits per heavy atom. The number of aliphatic hydroxyl groups is 1. The van der Waals surface area contributed by atoms with Gasteiger partial charge in [-0.05, 0) is 84.5 Å². The maximum atomic E-state index is 12.4. The van der Waals surface area contributed by atoms with E-state index >= 15 is 0 Å². The SMILES string of the molecule is CCC(C)(C)C(=O)OC12CC3CC(CC(O)(C3)C1)C2.CCC(C)(C)C(=O)OC1CSCCS1. The number of esters is 2. The van der Waals surface area contributed by atoms with E-state index in [4.69, 9.17) is 9.47 Å². The number of rotatable bonds is 6. The summed E-state index contributed by atoms with van der Waals surface area (Å²) in [6.07, 6.45) is 7.28. The molecule has 4 bridgehead atoms. The third kappa shape index (κ3) is 6.63. The molecule has 3 atom stereocenters. The molecule has 3 unspecified atom stereocenters. The van der Waals surface area contributed by atoms with Crippen LogP contribution in [0.1, 0.15) is 92.9 Å². The first-order valence-corrected chi connectivity index (χ1v) is 14.9. The van der Waals surface area contributed by atoms with Crippen LogP contribution in [0.5, 0.6) is 0 Å². The highest BCUT2D eigenvalue weighted by Crippen LogP contribution is 2.59. The zero-order valence-corrected chi connectivity index (χ0v) is 23.0. The normalized spacial score (nSPS) is 35.4. The van der Waals surface area contributed by atoms with E-state index in [9.17, 15) is 14.7 Å². The van der Waals surface area contributed by atoms with Crippen LogP contribution in [0.15, 0.2) is 0 Å². The van der Waals surface area contributed by atoms with Crippen LogP contribution >= 0.6 is 23.5 Å². The lowest BCUT2D eigenvalue weighted by Crippen LogP contribution is -2.61. The summed E-state index contributed by atoms with van der Waals surface area (Å²) in [5.41, 5.74) is -1.58. The number of carbonyl (C=O) groups excluding carboxylic acids is 2.